The average Bonchev–Trinajstić information content (AvgIpc) is 1.54. The Morgan fingerprint density at radius 1 is 0.136 bits per heavy atom. The molecule has 0 saturated carbocycles. The molecule has 0 aromatic heterocycles. The molecule has 0 spiro atoms. The molecule has 21 rings (SSSR count). The maximum absolute atomic E-state index is 3.50. The van der Waals surface area contributed by atoms with Crippen LogP contribution in [0.5, 0.6) is 0 Å². The zero-order valence-electron chi connectivity index (χ0n) is 69.1. The number of nitrogens with one attached hydrogen (secondary N) is 1. The first-order chi connectivity index (χ1) is 61.9. The van der Waals surface area contributed by atoms with Gasteiger partial charge >= 0.3 is 0 Å². The molecule has 0 heterocycles. The highest BCUT2D eigenvalue weighted by Gasteiger charge is 2.46. The number of benzene rings is 20. The predicted octanol–water partition coefficient (Wildman–Crippen LogP) is 33.2. The fraction of sp³-hybridized carbons (Fsp3) is 0.00826. The molecule has 0 bridgehead atoms. The molecule has 1 aliphatic rings. The largest absolute Gasteiger partial charge is 0.356 e. The maximum Gasteiger partial charge on any atom is 0.0714 e. The van der Waals surface area contributed by atoms with E-state index >= 15 is 0 Å². The maximum atomic E-state index is 3.50. The number of para-hydroxylation sites is 4. The Kier molecular flexibility index (Phi) is 21.9. The average molecular weight is 1600 g/mol. The van der Waals surface area contributed by atoms with Gasteiger partial charge in [-0.15, -0.1) is 0 Å². The van der Waals surface area contributed by atoms with Crippen molar-refractivity contribution in [1.82, 2.24) is 0 Å². The highest BCUT2D eigenvalue weighted by Crippen LogP contribution is 2.58. The second kappa shape index (κ2) is 35.5. The van der Waals surface area contributed by atoms with E-state index in [-0.39, 0.29) is 0 Å². The molecule has 20 aromatic carbocycles. The number of rotatable bonds is 21. The summed E-state index contributed by atoms with van der Waals surface area (Å²) >= 11 is 0. The highest BCUT2D eigenvalue weighted by atomic mass is 15.2. The van der Waals surface area contributed by atoms with Gasteiger partial charge in [0.15, 0.2) is 0 Å². The van der Waals surface area contributed by atoms with Crippen molar-refractivity contribution in [1.29, 1.82) is 0 Å². The standard InChI is InChI=1S/C73H52N2.C48H36N2/c1-7-21-53(22-8-1)55-35-41-65(42-36-55)74(63-29-15-5-16-30-63)66-43-37-56(38-44-66)59-49-58(54-23-9-2-10-24-54)50-60(51-59)57-39-45-67(46-40-57)75(64-31-17-6-18-32-64)68-47-48-70-69-33-19-20-34-71(69)73(72(70)52-68,61-25-11-3-12-26-61)62-27-13-4-14-28-62;1-5-13-36(14-6-1)38-23-29-47(30-24-38)50(46-19-11-4-12-20-46)48-31-25-40(26-32-48)43-34-41(37-15-7-2-8-16-37)33-42(35-43)39-21-27-45(28-22-39)49-44-17-9-3-10-18-44/h1-52H;1-35,49H. The molecule has 0 unspecified atom stereocenters. The number of fused-ring (bicyclic) bond motifs is 3. The number of hydrogen-bond donors (Lipinski definition) is 1. The zero-order chi connectivity index (χ0) is 83.5. The van der Waals surface area contributed by atoms with Crippen molar-refractivity contribution >= 4 is 62.6 Å². The Morgan fingerprint density at radius 2 is 0.344 bits per heavy atom. The van der Waals surface area contributed by atoms with Crippen molar-refractivity contribution in [3.05, 3.63) is 550 Å². The molecule has 1 N–H and O–H groups in total. The van der Waals surface area contributed by atoms with Crippen LogP contribution in [-0.4, -0.2) is 0 Å². The summed E-state index contributed by atoms with van der Waals surface area (Å²) in [5.74, 6) is 0. The van der Waals surface area contributed by atoms with E-state index in [9.17, 15) is 0 Å². The number of nitrogens with zero attached hydrogens (tertiary/aromatic N) is 3. The monoisotopic (exact) mass is 1600 g/mol. The van der Waals surface area contributed by atoms with Crippen molar-refractivity contribution in [2.45, 2.75) is 5.41 Å². The van der Waals surface area contributed by atoms with Gasteiger partial charge in [-0.3, -0.25) is 0 Å². The molecule has 0 aliphatic heterocycles. The smallest absolute Gasteiger partial charge is 0.0714 e. The lowest BCUT2D eigenvalue weighted by molar-refractivity contribution is 0.768. The minimum absolute atomic E-state index is 0.505. The van der Waals surface area contributed by atoms with Crippen LogP contribution in [0.1, 0.15) is 22.3 Å². The lowest BCUT2D eigenvalue weighted by Gasteiger charge is -2.35. The molecule has 0 radical (unpaired) electrons. The molecular formula is C121H88N4. The summed E-state index contributed by atoms with van der Waals surface area (Å²) in [6, 6.07) is 190. The molecule has 4 heteroatoms. The van der Waals surface area contributed by atoms with Crippen LogP contribution in [0.15, 0.2) is 528 Å². The summed E-state index contributed by atoms with van der Waals surface area (Å²) in [7, 11) is 0. The lowest BCUT2D eigenvalue weighted by Crippen LogP contribution is -2.28. The first kappa shape index (κ1) is 77.2. The lowest BCUT2D eigenvalue weighted by atomic mass is 9.67. The summed E-state index contributed by atoms with van der Waals surface area (Å²) in [5, 5.41) is 3.50. The minimum Gasteiger partial charge on any atom is -0.356 e. The summed E-state index contributed by atoms with van der Waals surface area (Å²) in [6.45, 7) is 0. The third-order valence-electron chi connectivity index (χ3n) is 23.9. The van der Waals surface area contributed by atoms with Gasteiger partial charge in [-0.1, -0.05) is 358 Å². The van der Waals surface area contributed by atoms with Gasteiger partial charge in [-0.2, -0.15) is 0 Å². The van der Waals surface area contributed by atoms with E-state index in [4.69, 9.17) is 0 Å². The SMILES string of the molecule is c1ccc(-c2ccc(N(c3ccccc3)c3ccc(-c4cc(-c5ccccc5)cc(-c5ccc(N(c6ccccc6)c6ccc7c(c6)C(c6ccccc6)(c6ccccc6)c6ccccc6-7)cc5)c4)cc3)cc2)cc1.c1ccc(Nc2ccc(-c3cc(-c4ccccc4)cc(-c4ccc(N(c5ccccc5)c5ccc(-c6ccccc6)cc5)cc4)c3)cc2)cc1. The van der Waals surface area contributed by atoms with E-state index in [1.54, 1.807) is 0 Å². The number of anilines is 11. The Labute approximate surface area is 733 Å². The predicted molar refractivity (Wildman–Crippen MR) is 527 cm³/mol. The van der Waals surface area contributed by atoms with Gasteiger partial charge in [0, 0.05) is 62.6 Å². The van der Waals surface area contributed by atoms with Crippen LogP contribution in [0.4, 0.5) is 62.6 Å². The molecule has 0 amide bonds. The second-order valence-electron chi connectivity index (χ2n) is 31.6. The molecule has 125 heavy (non-hydrogen) atoms. The summed E-state index contributed by atoms with van der Waals surface area (Å²) in [4.78, 5) is 7.04. The fourth-order valence-corrected chi connectivity index (χ4v) is 17.9. The first-order valence-electron chi connectivity index (χ1n) is 42.8. The first-order valence-corrected chi connectivity index (χ1v) is 42.8. The van der Waals surface area contributed by atoms with E-state index in [2.05, 4.69) is 530 Å². The molecule has 4 nitrogen and oxygen atoms in total. The van der Waals surface area contributed by atoms with Crippen LogP contribution in [0.3, 0.4) is 0 Å². The van der Waals surface area contributed by atoms with E-state index < -0.39 is 5.41 Å². The van der Waals surface area contributed by atoms with Crippen molar-refractivity contribution in [2.75, 3.05) is 20.0 Å². The summed E-state index contributed by atoms with van der Waals surface area (Å²) in [5.41, 5.74) is 38.0. The minimum atomic E-state index is -0.505. The van der Waals surface area contributed by atoms with Crippen molar-refractivity contribution in [3.8, 4) is 100 Å². The van der Waals surface area contributed by atoms with Gasteiger partial charge in [0.25, 0.3) is 0 Å². The van der Waals surface area contributed by atoms with Crippen LogP contribution < -0.4 is 20.0 Å². The van der Waals surface area contributed by atoms with Gasteiger partial charge in [0.05, 0.1) is 5.41 Å². The summed E-state index contributed by atoms with van der Waals surface area (Å²) in [6.07, 6.45) is 0. The van der Waals surface area contributed by atoms with Gasteiger partial charge < -0.3 is 20.0 Å². The van der Waals surface area contributed by atoms with E-state index in [1.165, 1.54) is 100 Å². The van der Waals surface area contributed by atoms with Crippen molar-refractivity contribution in [2.24, 2.45) is 0 Å². The summed E-state index contributed by atoms with van der Waals surface area (Å²) < 4.78 is 0. The van der Waals surface area contributed by atoms with Gasteiger partial charge in [0.2, 0.25) is 0 Å². The Balaban J connectivity index is 0.000000171. The van der Waals surface area contributed by atoms with Gasteiger partial charge in [-0.25, -0.2) is 0 Å². The third kappa shape index (κ3) is 16.3. The normalized spacial score (nSPS) is 11.6. The van der Waals surface area contributed by atoms with Crippen molar-refractivity contribution in [3.63, 3.8) is 0 Å². The number of hydrogen-bond acceptors (Lipinski definition) is 4. The van der Waals surface area contributed by atoms with Crippen LogP contribution in [-0.2, 0) is 5.41 Å². The Hall–Kier alpha value is -16.4. The molecule has 592 valence electrons. The molecule has 0 fully saturated rings. The zero-order valence-corrected chi connectivity index (χ0v) is 69.1. The van der Waals surface area contributed by atoms with Gasteiger partial charge in [-0.05, 0) is 292 Å². The van der Waals surface area contributed by atoms with Crippen molar-refractivity contribution < 1.29 is 0 Å². The topological polar surface area (TPSA) is 21.8 Å². The molecule has 1 aliphatic carbocycles. The molecule has 0 atom stereocenters. The molecular weight excluding hydrogens is 1510 g/mol. The third-order valence-corrected chi connectivity index (χ3v) is 23.9. The van der Waals surface area contributed by atoms with Crippen LogP contribution in [0, 0.1) is 0 Å². The van der Waals surface area contributed by atoms with E-state index in [0.717, 1.165) is 84.8 Å². The van der Waals surface area contributed by atoms with E-state index in [1.807, 2.05) is 18.2 Å². The molecule has 20 aromatic rings. The Bertz CT molecular complexity index is 6950. The Morgan fingerprint density at radius 3 is 0.664 bits per heavy atom. The highest BCUT2D eigenvalue weighted by molar-refractivity contribution is 5.92. The quantitative estimate of drug-likeness (QED) is 0.0774. The fourth-order valence-electron chi connectivity index (χ4n) is 17.9. The molecule has 0 saturated heterocycles. The second-order valence-corrected chi connectivity index (χ2v) is 31.6. The van der Waals surface area contributed by atoms with Gasteiger partial charge in [0.1, 0.15) is 0 Å². The van der Waals surface area contributed by atoms with Crippen LogP contribution >= 0.6 is 0 Å². The van der Waals surface area contributed by atoms with Crippen LogP contribution in [0.2, 0.25) is 0 Å². The van der Waals surface area contributed by atoms with E-state index in [0.29, 0.717) is 0 Å². The van der Waals surface area contributed by atoms with Crippen LogP contribution in [0.25, 0.3) is 100 Å².